The summed E-state index contributed by atoms with van der Waals surface area (Å²) < 4.78 is 5.63. The van der Waals surface area contributed by atoms with E-state index < -0.39 is 0 Å². The van der Waals surface area contributed by atoms with Crippen LogP contribution in [0.2, 0.25) is 0 Å². The third-order valence-corrected chi connectivity index (χ3v) is 2.91. The highest BCUT2D eigenvalue weighted by molar-refractivity contribution is 5.99. The molecule has 1 aromatic carbocycles. The van der Waals surface area contributed by atoms with Gasteiger partial charge in [0.1, 0.15) is 6.61 Å². The zero-order valence-corrected chi connectivity index (χ0v) is 10.4. The third kappa shape index (κ3) is 2.35. The number of ether oxygens (including phenoxy) is 1. The molecule has 4 heteroatoms. The minimum atomic E-state index is 0.0921. The summed E-state index contributed by atoms with van der Waals surface area (Å²) in [7, 11) is 0. The van der Waals surface area contributed by atoms with E-state index in [4.69, 9.17) is 10.3 Å². The SMILES string of the molecule is CC(C)(C)[C@H]1COC(c2ccccc2N=N)=N1. The van der Waals surface area contributed by atoms with Crippen molar-refractivity contribution in [2.24, 2.45) is 15.5 Å². The van der Waals surface area contributed by atoms with Gasteiger partial charge in [-0.2, -0.15) is 5.11 Å². The van der Waals surface area contributed by atoms with Gasteiger partial charge in [0, 0.05) is 0 Å². The average molecular weight is 231 g/mol. The Morgan fingerprint density at radius 2 is 2.06 bits per heavy atom. The molecular weight excluding hydrogens is 214 g/mol. The van der Waals surface area contributed by atoms with Crippen molar-refractivity contribution in [3.63, 3.8) is 0 Å². The molecule has 1 aliphatic heterocycles. The van der Waals surface area contributed by atoms with Crippen molar-refractivity contribution in [2.75, 3.05) is 6.61 Å². The lowest BCUT2D eigenvalue weighted by atomic mass is 9.88. The smallest absolute Gasteiger partial charge is 0.218 e. The predicted octanol–water partition coefficient (Wildman–Crippen LogP) is 3.54. The van der Waals surface area contributed by atoms with Crippen molar-refractivity contribution in [1.29, 1.82) is 5.53 Å². The first-order valence-electron chi connectivity index (χ1n) is 5.70. The van der Waals surface area contributed by atoms with Crippen molar-refractivity contribution in [3.05, 3.63) is 29.8 Å². The maximum atomic E-state index is 7.14. The van der Waals surface area contributed by atoms with Crippen LogP contribution in [0.5, 0.6) is 0 Å². The largest absolute Gasteiger partial charge is 0.475 e. The Balaban J connectivity index is 2.33. The fourth-order valence-electron chi connectivity index (χ4n) is 1.72. The van der Waals surface area contributed by atoms with Crippen LogP contribution in [0.1, 0.15) is 26.3 Å². The van der Waals surface area contributed by atoms with E-state index in [9.17, 15) is 0 Å². The van der Waals surface area contributed by atoms with Gasteiger partial charge in [-0.15, -0.1) is 0 Å². The van der Waals surface area contributed by atoms with Gasteiger partial charge in [0.15, 0.2) is 0 Å². The molecule has 0 unspecified atom stereocenters. The van der Waals surface area contributed by atoms with Crippen molar-refractivity contribution in [3.8, 4) is 0 Å². The minimum Gasteiger partial charge on any atom is -0.475 e. The number of nitrogens with one attached hydrogen (secondary N) is 1. The lowest BCUT2D eigenvalue weighted by Gasteiger charge is -2.21. The summed E-state index contributed by atoms with van der Waals surface area (Å²) in [6, 6.07) is 7.60. The van der Waals surface area contributed by atoms with Gasteiger partial charge < -0.3 is 4.74 Å². The molecule has 17 heavy (non-hydrogen) atoms. The summed E-state index contributed by atoms with van der Waals surface area (Å²) in [5.41, 5.74) is 8.63. The van der Waals surface area contributed by atoms with Crippen molar-refractivity contribution in [1.82, 2.24) is 0 Å². The fraction of sp³-hybridized carbons (Fsp3) is 0.462. The molecule has 2 rings (SSSR count). The van der Waals surface area contributed by atoms with Crippen molar-refractivity contribution < 1.29 is 4.74 Å². The molecule has 0 radical (unpaired) electrons. The molecule has 90 valence electrons. The molecule has 0 bridgehead atoms. The van der Waals surface area contributed by atoms with Gasteiger partial charge in [0.25, 0.3) is 0 Å². The van der Waals surface area contributed by atoms with E-state index in [2.05, 4.69) is 30.9 Å². The zero-order chi connectivity index (χ0) is 12.5. The summed E-state index contributed by atoms with van der Waals surface area (Å²) in [5.74, 6) is 0.608. The average Bonchev–Trinajstić information content (AvgIpc) is 2.77. The molecule has 0 aliphatic carbocycles. The van der Waals surface area contributed by atoms with Crippen LogP contribution in [0.25, 0.3) is 0 Å². The Hall–Kier alpha value is -1.71. The molecule has 0 amide bonds. The van der Waals surface area contributed by atoms with Crippen LogP contribution in [0, 0.1) is 10.9 Å². The molecule has 1 atom stereocenters. The van der Waals surface area contributed by atoms with Crippen molar-refractivity contribution >= 4 is 11.6 Å². The molecule has 0 saturated heterocycles. The number of para-hydroxylation sites is 1. The van der Waals surface area contributed by atoms with Crippen LogP contribution < -0.4 is 0 Å². The van der Waals surface area contributed by atoms with E-state index in [1.807, 2.05) is 18.2 Å². The second-order valence-electron chi connectivity index (χ2n) is 5.26. The molecule has 0 spiro atoms. The number of rotatable bonds is 2. The Kier molecular flexibility index (Phi) is 2.96. The lowest BCUT2D eigenvalue weighted by Crippen LogP contribution is -2.25. The lowest BCUT2D eigenvalue weighted by molar-refractivity contribution is 0.236. The predicted molar refractivity (Wildman–Crippen MR) is 67.0 cm³/mol. The normalized spacial score (nSPS) is 19.7. The molecule has 1 aliphatic rings. The molecule has 0 aromatic heterocycles. The first kappa shape index (κ1) is 11.8. The van der Waals surface area contributed by atoms with E-state index >= 15 is 0 Å². The third-order valence-electron chi connectivity index (χ3n) is 2.91. The van der Waals surface area contributed by atoms with E-state index in [1.165, 1.54) is 0 Å². The van der Waals surface area contributed by atoms with Crippen LogP contribution in [-0.2, 0) is 4.74 Å². The molecule has 1 heterocycles. The quantitative estimate of drug-likeness (QED) is 0.777. The molecule has 0 saturated carbocycles. The van der Waals surface area contributed by atoms with Crippen LogP contribution in [0.15, 0.2) is 34.4 Å². The summed E-state index contributed by atoms with van der Waals surface area (Å²) in [6.45, 7) is 7.04. The molecule has 1 aromatic rings. The van der Waals surface area contributed by atoms with Gasteiger partial charge in [-0.25, -0.2) is 10.5 Å². The van der Waals surface area contributed by atoms with Gasteiger partial charge in [0.05, 0.1) is 17.3 Å². The van der Waals surface area contributed by atoms with Gasteiger partial charge in [-0.05, 0) is 17.5 Å². The Morgan fingerprint density at radius 3 is 2.65 bits per heavy atom. The monoisotopic (exact) mass is 231 g/mol. The number of nitrogens with zero attached hydrogens (tertiary/aromatic N) is 2. The highest BCUT2D eigenvalue weighted by Gasteiger charge is 2.31. The minimum absolute atomic E-state index is 0.0921. The van der Waals surface area contributed by atoms with Crippen LogP contribution in [-0.4, -0.2) is 18.5 Å². The van der Waals surface area contributed by atoms with Crippen LogP contribution >= 0.6 is 0 Å². The number of hydrogen-bond acceptors (Lipinski definition) is 4. The van der Waals surface area contributed by atoms with Crippen LogP contribution in [0.4, 0.5) is 5.69 Å². The van der Waals surface area contributed by atoms with Gasteiger partial charge in [-0.3, -0.25) is 0 Å². The fourth-order valence-corrected chi connectivity index (χ4v) is 1.72. The maximum absolute atomic E-state index is 7.14. The second kappa shape index (κ2) is 4.28. The van der Waals surface area contributed by atoms with Gasteiger partial charge in [-0.1, -0.05) is 32.9 Å². The maximum Gasteiger partial charge on any atom is 0.218 e. The summed E-state index contributed by atoms with van der Waals surface area (Å²) in [6.07, 6.45) is 0. The van der Waals surface area contributed by atoms with Gasteiger partial charge >= 0.3 is 0 Å². The highest BCUT2D eigenvalue weighted by Crippen LogP contribution is 2.29. The summed E-state index contributed by atoms with van der Waals surface area (Å²) in [4.78, 5) is 4.59. The molecule has 1 N–H and O–H groups in total. The number of hydrogen-bond donors (Lipinski definition) is 1. The van der Waals surface area contributed by atoms with E-state index in [1.54, 1.807) is 6.07 Å². The van der Waals surface area contributed by atoms with E-state index in [0.29, 0.717) is 18.2 Å². The molecular formula is C13H17N3O. The first-order valence-corrected chi connectivity index (χ1v) is 5.70. The summed E-state index contributed by atoms with van der Waals surface area (Å²) >= 11 is 0. The second-order valence-corrected chi connectivity index (χ2v) is 5.26. The highest BCUT2D eigenvalue weighted by atomic mass is 16.5. The number of benzene rings is 1. The topological polar surface area (TPSA) is 57.8 Å². The van der Waals surface area contributed by atoms with E-state index in [-0.39, 0.29) is 11.5 Å². The Bertz CT molecular complexity index is 460. The molecule has 4 nitrogen and oxygen atoms in total. The van der Waals surface area contributed by atoms with Gasteiger partial charge in [0.2, 0.25) is 5.90 Å². The standard InChI is InChI=1S/C13H17N3O/c1-13(2,3)11-8-17-12(15-11)9-6-4-5-7-10(9)16-14/h4-7,11,14H,8H2,1-3H3/t11-/m1/s1. The number of aliphatic imine (C=N–C) groups is 1. The van der Waals surface area contributed by atoms with Crippen LogP contribution in [0.3, 0.4) is 0 Å². The van der Waals surface area contributed by atoms with E-state index in [0.717, 1.165) is 5.56 Å². The van der Waals surface area contributed by atoms with Crippen molar-refractivity contribution in [2.45, 2.75) is 26.8 Å². The molecule has 0 fully saturated rings. The Morgan fingerprint density at radius 1 is 1.35 bits per heavy atom. The first-order chi connectivity index (χ1) is 8.02. The Labute approximate surface area is 101 Å². The zero-order valence-electron chi connectivity index (χ0n) is 10.4. The summed E-state index contributed by atoms with van der Waals surface area (Å²) in [5, 5.41) is 3.49.